The topological polar surface area (TPSA) is 50.3 Å². The first-order valence-electron chi connectivity index (χ1n) is 5.17. The first kappa shape index (κ1) is 13.2. The molecule has 0 bridgehead atoms. The van der Waals surface area contributed by atoms with E-state index in [1.165, 1.54) is 0 Å². The Bertz CT molecular complexity index is 335. The molecule has 90 valence electrons. The predicted octanol–water partition coefficient (Wildman–Crippen LogP) is 1.75. The number of hydrogen-bond donors (Lipinski definition) is 1. The molecule has 1 aromatic heterocycles. The van der Waals surface area contributed by atoms with Gasteiger partial charge in [0.05, 0.1) is 11.1 Å². The Labute approximate surface area is 104 Å². The molecular weight excluding hydrogens is 272 g/mol. The zero-order chi connectivity index (χ0) is 12.0. The normalized spacial score (nSPS) is 10.2. The number of anilines is 2. The van der Waals surface area contributed by atoms with E-state index in [0.29, 0.717) is 12.6 Å². The minimum atomic E-state index is 0.620. The van der Waals surface area contributed by atoms with Gasteiger partial charge in [-0.25, -0.2) is 4.98 Å². The highest BCUT2D eigenvalue weighted by atomic mass is 79.9. The number of nitrogens with zero attached hydrogens (tertiary/aromatic N) is 3. The van der Waals surface area contributed by atoms with Crippen molar-refractivity contribution in [1.82, 2.24) is 9.97 Å². The second kappa shape index (κ2) is 6.65. The van der Waals surface area contributed by atoms with Crippen LogP contribution in [0.1, 0.15) is 6.92 Å². The van der Waals surface area contributed by atoms with Gasteiger partial charge in [-0.3, -0.25) is 0 Å². The number of likely N-dealkylation sites (N-methyl/N-ethyl adjacent to an activating group) is 1. The van der Waals surface area contributed by atoms with E-state index in [-0.39, 0.29) is 0 Å². The Hall–Kier alpha value is -0.880. The Morgan fingerprint density at radius 1 is 1.56 bits per heavy atom. The molecule has 1 rings (SSSR count). The molecule has 16 heavy (non-hydrogen) atoms. The van der Waals surface area contributed by atoms with E-state index >= 15 is 0 Å². The van der Waals surface area contributed by atoms with Crippen LogP contribution in [0.2, 0.25) is 0 Å². The van der Waals surface area contributed by atoms with Crippen LogP contribution < -0.4 is 10.2 Å². The molecule has 0 atom stereocenters. The van der Waals surface area contributed by atoms with Gasteiger partial charge >= 0.3 is 0 Å². The third-order valence-corrected chi connectivity index (χ3v) is 2.76. The molecule has 0 saturated heterocycles. The zero-order valence-corrected chi connectivity index (χ0v) is 11.4. The number of ether oxygens (including phenoxy) is 1. The van der Waals surface area contributed by atoms with Crippen molar-refractivity contribution in [3.8, 4) is 0 Å². The fourth-order valence-corrected chi connectivity index (χ4v) is 1.76. The van der Waals surface area contributed by atoms with Gasteiger partial charge in [-0.1, -0.05) is 0 Å². The standard InChI is InChI=1S/C10H17BrN4O/c1-4-15(5-6-16-3)9-8(11)7-13-10(12-2)14-9/h7H,4-6H2,1-3H3,(H,12,13,14). The number of halogens is 1. The summed E-state index contributed by atoms with van der Waals surface area (Å²) in [6, 6.07) is 0. The Kier molecular flexibility index (Phi) is 5.48. The van der Waals surface area contributed by atoms with Crippen LogP contribution in [0.4, 0.5) is 11.8 Å². The van der Waals surface area contributed by atoms with E-state index in [2.05, 4.69) is 43.0 Å². The van der Waals surface area contributed by atoms with Gasteiger partial charge in [0.1, 0.15) is 5.82 Å². The summed E-state index contributed by atoms with van der Waals surface area (Å²) in [7, 11) is 3.50. The summed E-state index contributed by atoms with van der Waals surface area (Å²) in [5.74, 6) is 1.51. The van der Waals surface area contributed by atoms with E-state index in [1.54, 1.807) is 20.4 Å². The van der Waals surface area contributed by atoms with Gasteiger partial charge in [-0.15, -0.1) is 0 Å². The van der Waals surface area contributed by atoms with Crippen molar-refractivity contribution < 1.29 is 4.74 Å². The molecule has 0 fully saturated rings. The molecule has 1 heterocycles. The summed E-state index contributed by atoms with van der Waals surface area (Å²) in [6.07, 6.45) is 1.75. The third-order valence-electron chi connectivity index (χ3n) is 2.20. The molecule has 0 amide bonds. The van der Waals surface area contributed by atoms with E-state index in [0.717, 1.165) is 23.4 Å². The minimum absolute atomic E-state index is 0.620. The van der Waals surface area contributed by atoms with Crippen LogP contribution in [0, 0.1) is 0 Å². The molecule has 5 nitrogen and oxygen atoms in total. The number of hydrogen-bond acceptors (Lipinski definition) is 5. The number of methoxy groups -OCH3 is 1. The first-order valence-corrected chi connectivity index (χ1v) is 5.96. The van der Waals surface area contributed by atoms with Gasteiger partial charge in [0.2, 0.25) is 5.95 Å². The minimum Gasteiger partial charge on any atom is -0.383 e. The molecule has 0 radical (unpaired) electrons. The first-order chi connectivity index (χ1) is 7.72. The average molecular weight is 289 g/mol. The quantitative estimate of drug-likeness (QED) is 0.864. The highest BCUT2D eigenvalue weighted by Gasteiger charge is 2.11. The number of rotatable bonds is 6. The monoisotopic (exact) mass is 288 g/mol. The maximum absolute atomic E-state index is 5.08. The molecule has 0 saturated carbocycles. The zero-order valence-electron chi connectivity index (χ0n) is 9.83. The second-order valence-electron chi connectivity index (χ2n) is 3.19. The Morgan fingerprint density at radius 2 is 2.31 bits per heavy atom. The fourth-order valence-electron chi connectivity index (χ4n) is 1.32. The van der Waals surface area contributed by atoms with Crippen molar-refractivity contribution >= 4 is 27.7 Å². The van der Waals surface area contributed by atoms with Crippen LogP contribution in [-0.2, 0) is 4.74 Å². The van der Waals surface area contributed by atoms with Gasteiger partial charge in [-0.05, 0) is 22.9 Å². The SMILES string of the molecule is CCN(CCOC)c1nc(NC)ncc1Br. The van der Waals surface area contributed by atoms with Crippen molar-refractivity contribution in [1.29, 1.82) is 0 Å². The van der Waals surface area contributed by atoms with Crippen LogP contribution in [0.5, 0.6) is 0 Å². The Balaban J connectivity index is 2.89. The molecule has 0 aliphatic rings. The molecule has 1 aromatic rings. The van der Waals surface area contributed by atoms with Crippen LogP contribution in [0.3, 0.4) is 0 Å². The highest BCUT2D eigenvalue weighted by Crippen LogP contribution is 2.23. The molecule has 0 aliphatic carbocycles. The molecule has 6 heteroatoms. The molecule has 0 aromatic carbocycles. The van der Waals surface area contributed by atoms with E-state index in [4.69, 9.17) is 4.74 Å². The number of nitrogens with one attached hydrogen (secondary N) is 1. The van der Waals surface area contributed by atoms with Gasteiger partial charge < -0.3 is 15.0 Å². The Morgan fingerprint density at radius 3 is 2.88 bits per heavy atom. The summed E-state index contributed by atoms with van der Waals surface area (Å²) in [5, 5.41) is 2.93. The predicted molar refractivity (Wildman–Crippen MR) is 69.0 cm³/mol. The smallest absolute Gasteiger partial charge is 0.224 e. The lowest BCUT2D eigenvalue weighted by molar-refractivity contribution is 0.205. The van der Waals surface area contributed by atoms with E-state index < -0.39 is 0 Å². The summed E-state index contributed by atoms with van der Waals surface area (Å²) >= 11 is 3.46. The summed E-state index contributed by atoms with van der Waals surface area (Å²) in [6.45, 7) is 4.45. The van der Waals surface area contributed by atoms with Gasteiger partial charge in [0.25, 0.3) is 0 Å². The summed E-state index contributed by atoms with van der Waals surface area (Å²) < 4.78 is 5.97. The summed E-state index contributed by atoms with van der Waals surface area (Å²) in [4.78, 5) is 10.7. The van der Waals surface area contributed by atoms with Crippen LogP contribution in [0.15, 0.2) is 10.7 Å². The van der Waals surface area contributed by atoms with Gasteiger partial charge in [0, 0.05) is 33.4 Å². The van der Waals surface area contributed by atoms with Crippen molar-refractivity contribution in [2.75, 3.05) is 44.1 Å². The number of aromatic nitrogens is 2. The van der Waals surface area contributed by atoms with Gasteiger partial charge in [-0.2, -0.15) is 4.98 Å². The van der Waals surface area contributed by atoms with Crippen molar-refractivity contribution in [3.05, 3.63) is 10.7 Å². The molecule has 0 aliphatic heterocycles. The second-order valence-corrected chi connectivity index (χ2v) is 4.04. The van der Waals surface area contributed by atoms with Gasteiger partial charge in [0.15, 0.2) is 0 Å². The third kappa shape index (κ3) is 3.31. The summed E-state index contributed by atoms with van der Waals surface area (Å²) in [5.41, 5.74) is 0. The molecule has 0 unspecified atom stereocenters. The lowest BCUT2D eigenvalue weighted by Crippen LogP contribution is -2.28. The maximum atomic E-state index is 5.08. The lowest BCUT2D eigenvalue weighted by Gasteiger charge is -2.22. The fraction of sp³-hybridized carbons (Fsp3) is 0.600. The van der Waals surface area contributed by atoms with Crippen LogP contribution >= 0.6 is 15.9 Å². The van der Waals surface area contributed by atoms with E-state index in [9.17, 15) is 0 Å². The van der Waals surface area contributed by atoms with Crippen molar-refractivity contribution in [2.45, 2.75) is 6.92 Å². The van der Waals surface area contributed by atoms with E-state index in [1.807, 2.05) is 0 Å². The van der Waals surface area contributed by atoms with Crippen LogP contribution in [0.25, 0.3) is 0 Å². The molecular formula is C10H17BrN4O. The molecule has 1 N–H and O–H groups in total. The van der Waals surface area contributed by atoms with Crippen LogP contribution in [-0.4, -0.2) is 43.8 Å². The maximum Gasteiger partial charge on any atom is 0.224 e. The van der Waals surface area contributed by atoms with Crippen molar-refractivity contribution in [3.63, 3.8) is 0 Å². The highest BCUT2D eigenvalue weighted by molar-refractivity contribution is 9.10. The van der Waals surface area contributed by atoms with Crippen molar-refractivity contribution in [2.24, 2.45) is 0 Å². The molecule has 0 spiro atoms. The largest absolute Gasteiger partial charge is 0.383 e. The lowest BCUT2D eigenvalue weighted by atomic mass is 10.4. The average Bonchev–Trinajstić information content (AvgIpc) is 2.32.